The molecule has 1 N–H and O–H groups in total. The Kier molecular flexibility index (Phi) is 1.13. The van der Waals surface area contributed by atoms with Crippen molar-refractivity contribution in [3.8, 4) is 0 Å². The molecule has 2 heteroatoms. The lowest BCUT2D eigenvalue weighted by molar-refractivity contribution is 0.645. The fourth-order valence-corrected chi connectivity index (χ4v) is 1.31. The second-order valence-corrected chi connectivity index (χ2v) is 3.01. The molecule has 1 aliphatic rings. The Hall–Kier alpha value is 0. The van der Waals surface area contributed by atoms with Gasteiger partial charge in [0, 0.05) is 6.16 Å². The maximum atomic E-state index is 8.71. The zero-order chi connectivity index (χ0) is 4.41. The van der Waals surface area contributed by atoms with E-state index in [1.807, 2.05) is 17.9 Å². The zero-order valence-electron chi connectivity index (χ0n) is 3.39. The molecule has 1 nitrogen and oxygen atoms in total. The van der Waals surface area contributed by atoms with Crippen LogP contribution in [0, 0.1) is 0 Å². The molecule has 0 amide bonds. The van der Waals surface area contributed by atoms with Crippen LogP contribution in [0.1, 0.15) is 0 Å². The van der Waals surface area contributed by atoms with E-state index in [1.165, 1.54) is 0 Å². The Morgan fingerprint density at radius 1 is 1.67 bits per heavy atom. The highest BCUT2D eigenvalue weighted by atomic mass is 31.1. The van der Waals surface area contributed by atoms with Crippen LogP contribution in [0.2, 0.25) is 0 Å². The molecule has 0 aromatic rings. The van der Waals surface area contributed by atoms with Gasteiger partial charge < -0.3 is 4.89 Å². The van der Waals surface area contributed by atoms with Gasteiger partial charge in [-0.25, -0.2) is 0 Å². The van der Waals surface area contributed by atoms with E-state index in [-0.39, 0.29) is 0 Å². The van der Waals surface area contributed by atoms with Crippen molar-refractivity contribution in [3.63, 3.8) is 0 Å². The molecule has 0 aromatic carbocycles. The van der Waals surface area contributed by atoms with Crippen LogP contribution in [0.5, 0.6) is 0 Å². The van der Waals surface area contributed by atoms with E-state index in [0.717, 1.165) is 6.16 Å². The Morgan fingerprint density at radius 2 is 2.50 bits per heavy atom. The van der Waals surface area contributed by atoms with Crippen LogP contribution in [0.25, 0.3) is 0 Å². The van der Waals surface area contributed by atoms with Crippen molar-refractivity contribution >= 4 is 13.6 Å². The van der Waals surface area contributed by atoms with Crippen molar-refractivity contribution < 1.29 is 4.89 Å². The minimum Gasteiger partial charge on any atom is -0.379 e. The van der Waals surface area contributed by atoms with Crippen molar-refractivity contribution in [3.05, 3.63) is 12.2 Å². The summed E-state index contributed by atoms with van der Waals surface area (Å²) in [6.45, 7) is 0. The Labute approximate surface area is 37.8 Å². The molecule has 34 valence electrons. The lowest BCUT2D eigenvalue weighted by Gasteiger charge is -1.80. The normalized spacial score (nSPS) is 30.5. The van der Waals surface area contributed by atoms with Crippen LogP contribution in [0.4, 0.5) is 0 Å². The maximum absolute atomic E-state index is 8.71. The first-order valence-corrected chi connectivity index (χ1v) is 3.67. The molecule has 0 spiro atoms. The molecule has 1 aliphatic heterocycles. The third-order valence-corrected chi connectivity index (χ3v) is 1.98. The Bertz CT molecular complexity index is 104. The van der Waals surface area contributed by atoms with Crippen molar-refractivity contribution in [1.29, 1.82) is 0 Å². The molecule has 1 rings (SSSR count). The first kappa shape index (κ1) is 4.17. The van der Waals surface area contributed by atoms with Crippen LogP contribution in [0.15, 0.2) is 12.2 Å². The van der Waals surface area contributed by atoms with Crippen molar-refractivity contribution in [2.45, 2.75) is 0 Å². The van der Waals surface area contributed by atoms with E-state index in [2.05, 4.69) is 0 Å². The van der Waals surface area contributed by atoms with E-state index in [0.29, 0.717) is 0 Å². The molecule has 1 atom stereocenters. The maximum Gasteiger partial charge on any atom is 0.00547 e. The van der Waals surface area contributed by atoms with E-state index in [1.54, 1.807) is 0 Å². The predicted octanol–water partition coefficient (Wildman–Crippen LogP) is 0.480. The molecule has 0 aromatic heterocycles. The van der Waals surface area contributed by atoms with Gasteiger partial charge in [0.2, 0.25) is 0 Å². The molecular formula is C4H7OP. The molecule has 0 aliphatic carbocycles. The van der Waals surface area contributed by atoms with Gasteiger partial charge >= 0.3 is 0 Å². The average molecular weight is 102 g/mol. The predicted molar refractivity (Wildman–Crippen MR) is 30.6 cm³/mol. The molecule has 0 saturated heterocycles. The number of allylic oxidation sites excluding steroid dienone is 2. The fraction of sp³-hybridized carbons (Fsp3) is 0.250. The smallest absolute Gasteiger partial charge is 0.00547 e. The summed E-state index contributed by atoms with van der Waals surface area (Å²) in [7, 11) is -0.993. The molecular weight excluding hydrogens is 95.0 g/mol. The fourth-order valence-electron chi connectivity index (χ4n) is 0.436. The quantitative estimate of drug-likeness (QED) is 0.441. The highest BCUT2D eigenvalue weighted by Crippen LogP contribution is 2.18. The molecule has 0 radical (unpaired) electrons. The molecule has 0 bridgehead atoms. The van der Waals surface area contributed by atoms with Gasteiger partial charge in [0.1, 0.15) is 0 Å². The zero-order valence-corrected chi connectivity index (χ0v) is 4.39. The molecule has 0 fully saturated rings. The molecule has 1 unspecified atom stereocenters. The van der Waals surface area contributed by atoms with Gasteiger partial charge in [-0.15, -0.1) is 0 Å². The van der Waals surface area contributed by atoms with Gasteiger partial charge in [-0.2, -0.15) is 0 Å². The van der Waals surface area contributed by atoms with E-state index in [9.17, 15) is 0 Å². The molecule has 6 heavy (non-hydrogen) atoms. The van der Waals surface area contributed by atoms with E-state index >= 15 is 0 Å². The SMILES string of the molecule is O[PH]1=CC=CC1. The van der Waals surface area contributed by atoms with Crippen LogP contribution in [-0.2, 0) is 0 Å². The van der Waals surface area contributed by atoms with Crippen LogP contribution >= 0.6 is 7.77 Å². The lowest BCUT2D eigenvalue weighted by Crippen LogP contribution is -1.57. The minimum absolute atomic E-state index is 0.907. The first-order valence-electron chi connectivity index (χ1n) is 1.94. The summed E-state index contributed by atoms with van der Waals surface area (Å²) in [6, 6.07) is 0. The Balaban J connectivity index is 2.61. The number of hydrogen-bond acceptors (Lipinski definition) is 1. The van der Waals surface area contributed by atoms with Gasteiger partial charge in [0.05, 0.1) is 0 Å². The number of rotatable bonds is 0. The third-order valence-electron chi connectivity index (χ3n) is 0.752. The summed E-state index contributed by atoms with van der Waals surface area (Å²) >= 11 is 0. The third kappa shape index (κ3) is 0.735. The van der Waals surface area contributed by atoms with Gasteiger partial charge in [-0.1, -0.05) is 12.2 Å². The van der Waals surface area contributed by atoms with Gasteiger partial charge in [0.15, 0.2) is 0 Å². The molecule has 1 heterocycles. The summed E-state index contributed by atoms with van der Waals surface area (Å²) in [4.78, 5) is 8.71. The topological polar surface area (TPSA) is 20.2 Å². The monoisotopic (exact) mass is 102 g/mol. The first-order chi connectivity index (χ1) is 2.89. The van der Waals surface area contributed by atoms with Crippen molar-refractivity contribution in [2.24, 2.45) is 0 Å². The highest BCUT2D eigenvalue weighted by Gasteiger charge is 1.86. The summed E-state index contributed by atoms with van der Waals surface area (Å²) in [5, 5.41) is 0. The second-order valence-electron chi connectivity index (χ2n) is 1.29. The van der Waals surface area contributed by atoms with Crippen molar-refractivity contribution in [2.75, 3.05) is 6.16 Å². The number of hydrogen-bond donors (Lipinski definition) is 1. The van der Waals surface area contributed by atoms with E-state index < -0.39 is 7.77 Å². The van der Waals surface area contributed by atoms with Gasteiger partial charge in [-0.05, 0) is 13.6 Å². The van der Waals surface area contributed by atoms with Crippen LogP contribution in [0.3, 0.4) is 0 Å². The molecule has 0 saturated carbocycles. The summed E-state index contributed by atoms with van der Waals surface area (Å²) in [6.07, 6.45) is 4.83. The van der Waals surface area contributed by atoms with Crippen molar-refractivity contribution in [1.82, 2.24) is 0 Å². The summed E-state index contributed by atoms with van der Waals surface area (Å²) in [5.74, 6) is 1.88. The van der Waals surface area contributed by atoms with Crippen LogP contribution in [-0.4, -0.2) is 16.9 Å². The van der Waals surface area contributed by atoms with Crippen LogP contribution < -0.4 is 0 Å². The largest absolute Gasteiger partial charge is 0.379 e. The standard InChI is InChI=1S/C4H7OP/c5-6-3-1-2-4-6/h1-3,5-6H,4H2. The summed E-state index contributed by atoms with van der Waals surface area (Å²) < 4.78 is 0. The Morgan fingerprint density at radius 3 is 2.67 bits per heavy atom. The van der Waals surface area contributed by atoms with Gasteiger partial charge in [0.25, 0.3) is 0 Å². The van der Waals surface area contributed by atoms with Gasteiger partial charge in [-0.3, -0.25) is 0 Å². The average Bonchev–Trinajstić information content (AvgIpc) is 1.86. The minimum atomic E-state index is -0.993. The second kappa shape index (κ2) is 1.63. The lowest BCUT2D eigenvalue weighted by atomic mass is 10.6. The van der Waals surface area contributed by atoms with E-state index in [4.69, 9.17) is 4.89 Å². The highest BCUT2D eigenvalue weighted by molar-refractivity contribution is 7.52. The summed E-state index contributed by atoms with van der Waals surface area (Å²) in [5.41, 5.74) is 0.